The van der Waals surface area contributed by atoms with E-state index in [1.807, 2.05) is 0 Å². The zero-order valence-electron chi connectivity index (χ0n) is 13.8. The standard InChI is InChI=1S/C16H15ClF2N2O5/c1-21-13(23)9-10(14(21)24)16(5-22,15(25)26-2)20-12(9)8-6(18)3-4-7(19)11(8)17/h3-4,9-10,12,20,22H,5H2,1-2H3/t9-,10-,12-,16-/m0/s1. The molecule has 2 saturated heterocycles. The summed E-state index contributed by atoms with van der Waals surface area (Å²) in [4.78, 5) is 38.3. The molecule has 26 heavy (non-hydrogen) atoms. The van der Waals surface area contributed by atoms with Crippen LogP contribution in [0.5, 0.6) is 0 Å². The Morgan fingerprint density at radius 3 is 2.54 bits per heavy atom. The van der Waals surface area contributed by atoms with E-state index in [1.165, 1.54) is 7.05 Å². The van der Waals surface area contributed by atoms with Gasteiger partial charge in [0.25, 0.3) is 0 Å². The van der Waals surface area contributed by atoms with Crippen molar-refractivity contribution in [1.82, 2.24) is 10.2 Å². The lowest BCUT2D eigenvalue weighted by molar-refractivity contribution is -0.156. The third-order valence-corrected chi connectivity index (χ3v) is 5.45. The molecule has 4 atom stereocenters. The summed E-state index contributed by atoms with van der Waals surface area (Å²) in [6, 6.07) is 0.340. The van der Waals surface area contributed by atoms with Crippen LogP contribution in [0.2, 0.25) is 5.02 Å². The molecular formula is C16H15ClF2N2O5. The van der Waals surface area contributed by atoms with Crippen LogP contribution >= 0.6 is 11.6 Å². The van der Waals surface area contributed by atoms with Gasteiger partial charge in [-0.2, -0.15) is 0 Å². The number of rotatable bonds is 3. The Morgan fingerprint density at radius 1 is 1.35 bits per heavy atom. The fourth-order valence-corrected chi connectivity index (χ4v) is 4.07. The highest BCUT2D eigenvalue weighted by Crippen LogP contribution is 2.50. The van der Waals surface area contributed by atoms with E-state index in [0.29, 0.717) is 0 Å². The van der Waals surface area contributed by atoms with Crippen molar-refractivity contribution in [1.29, 1.82) is 0 Å². The largest absolute Gasteiger partial charge is 0.468 e. The number of nitrogens with one attached hydrogen (secondary N) is 1. The number of carbonyl (C=O) groups excluding carboxylic acids is 3. The second kappa shape index (κ2) is 6.26. The summed E-state index contributed by atoms with van der Waals surface area (Å²) in [6.07, 6.45) is 0. The quantitative estimate of drug-likeness (QED) is 0.442. The van der Waals surface area contributed by atoms with E-state index in [9.17, 15) is 28.3 Å². The summed E-state index contributed by atoms with van der Waals surface area (Å²) in [7, 11) is 2.26. The number of esters is 1. The van der Waals surface area contributed by atoms with Gasteiger partial charge < -0.3 is 9.84 Å². The summed E-state index contributed by atoms with van der Waals surface area (Å²) in [5, 5.41) is 11.9. The van der Waals surface area contributed by atoms with Gasteiger partial charge in [0.2, 0.25) is 11.8 Å². The lowest BCUT2D eigenvalue weighted by atomic mass is 9.79. The van der Waals surface area contributed by atoms with E-state index in [4.69, 9.17) is 11.6 Å². The number of benzene rings is 1. The van der Waals surface area contributed by atoms with Crippen LogP contribution in [-0.4, -0.2) is 54.1 Å². The number of imide groups is 1. The molecule has 10 heteroatoms. The van der Waals surface area contributed by atoms with Crippen LogP contribution in [0, 0.1) is 23.5 Å². The molecule has 0 saturated carbocycles. The first-order valence-electron chi connectivity index (χ1n) is 7.63. The summed E-state index contributed by atoms with van der Waals surface area (Å²) in [6.45, 7) is -0.890. The number of fused-ring (bicyclic) bond motifs is 1. The Balaban J connectivity index is 2.23. The molecule has 2 fully saturated rings. The molecule has 7 nitrogen and oxygen atoms in total. The average Bonchev–Trinajstić information content (AvgIpc) is 3.08. The molecule has 3 rings (SSSR count). The number of likely N-dealkylation sites (tertiary alicyclic amines) is 1. The summed E-state index contributed by atoms with van der Waals surface area (Å²) in [5.74, 6) is -6.87. The Morgan fingerprint density at radius 2 is 1.96 bits per heavy atom. The number of halogens is 3. The Kier molecular flexibility index (Phi) is 4.50. The minimum Gasteiger partial charge on any atom is -0.468 e. The van der Waals surface area contributed by atoms with Crippen LogP contribution < -0.4 is 5.32 Å². The molecule has 0 radical (unpaired) electrons. The first kappa shape index (κ1) is 18.7. The summed E-state index contributed by atoms with van der Waals surface area (Å²) >= 11 is 5.90. The number of hydrogen-bond acceptors (Lipinski definition) is 6. The van der Waals surface area contributed by atoms with Crippen molar-refractivity contribution in [2.75, 3.05) is 20.8 Å². The summed E-state index contributed by atoms with van der Waals surface area (Å²) < 4.78 is 33.0. The fourth-order valence-electron chi connectivity index (χ4n) is 3.80. The lowest BCUT2D eigenvalue weighted by Crippen LogP contribution is -2.58. The van der Waals surface area contributed by atoms with Gasteiger partial charge in [0.1, 0.15) is 11.6 Å². The van der Waals surface area contributed by atoms with Crippen LogP contribution in [0.1, 0.15) is 11.6 Å². The molecule has 2 amide bonds. The second-order valence-electron chi connectivity index (χ2n) is 6.24. The highest BCUT2D eigenvalue weighted by molar-refractivity contribution is 6.31. The van der Waals surface area contributed by atoms with E-state index in [1.54, 1.807) is 0 Å². The predicted octanol–water partition coefficient (Wildman–Crippen LogP) is 0.398. The second-order valence-corrected chi connectivity index (χ2v) is 6.62. The molecule has 0 spiro atoms. The van der Waals surface area contributed by atoms with Crippen LogP contribution in [-0.2, 0) is 19.1 Å². The highest BCUT2D eigenvalue weighted by atomic mass is 35.5. The van der Waals surface area contributed by atoms with E-state index >= 15 is 0 Å². The molecule has 0 unspecified atom stereocenters. The molecule has 2 heterocycles. The van der Waals surface area contributed by atoms with Crippen molar-refractivity contribution >= 4 is 29.4 Å². The number of hydrogen-bond donors (Lipinski definition) is 2. The third kappa shape index (κ3) is 2.27. The number of methoxy groups -OCH3 is 1. The molecule has 140 valence electrons. The van der Waals surface area contributed by atoms with Gasteiger partial charge in [0.15, 0.2) is 5.54 Å². The zero-order valence-corrected chi connectivity index (χ0v) is 14.5. The van der Waals surface area contributed by atoms with Gasteiger partial charge in [0, 0.05) is 12.6 Å². The van der Waals surface area contributed by atoms with Crippen LogP contribution in [0.25, 0.3) is 0 Å². The van der Waals surface area contributed by atoms with Gasteiger partial charge in [-0.05, 0) is 12.1 Å². The van der Waals surface area contributed by atoms with E-state index in [0.717, 1.165) is 24.1 Å². The van der Waals surface area contributed by atoms with Gasteiger partial charge in [-0.3, -0.25) is 19.8 Å². The van der Waals surface area contributed by atoms with Gasteiger partial charge in [-0.25, -0.2) is 13.6 Å². The highest BCUT2D eigenvalue weighted by Gasteiger charge is 2.68. The van der Waals surface area contributed by atoms with Crippen LogP contribution in [0.3, 0.4) is 0 Å². The number of carbonyl (C=O) groups is 3. The molecule has 2 N–H and O–H groups in total. The molecule has 1 aromatic carbocycles. The van der Waals surface area contributed by atoms with Crippen molar-refractivity contribution in [3.8, 4) is 0 Å². The average molecular weight is 389 g/mol. The van der Waals surface area contributed by atoms with Gasteiger partial charge in [-0.15, -0.1) is 0 Å². The van der Waals surface area contributed by atoms with Gasteiger partial charge >= 0.3 is 5.97 Å². The molecule has 2 aliphatic heterocycles. The fraction of sp³-hybridized carbons (Fsp3) is 0.438. The maximum atomic E-state index is 14.4. The zero-order chi connectivity index (χ0) is 19.4. The van der Waals surface area contributed by atoms with Crippen molar-refractivity contribution in [2.24, 2.45) is 11.8 Å². The molecule has 2 aliphatic rings. The van der Waals surface area contributed by atoms with Crippen molar-refractivity contribution in [3.05, 3.63) is 34.4 Å². The Labute approximate surface area is 151 Å². The SMILES string of the molecule is COC(=O)[C@@]1(CO)N[C@@H](c2c(F)ccc(F)c2Cl)[C@H]2C(=O)N(C)C(=O)[C@H]21. The number of nitrogens with zero attached hydrogens (tertiary/aromatic N) is 1. The smallest absolute Gasteiger partial charge is 0.329 e. The number of aliphatic hydroxyl groups is 1. The topological polar surface area (TPSA) is 95.9 Å². The normalized spacial score (nSPS) is 30.7. The van der Waals surface area contributed by atoms with Gasteiger partial charge in [-0.1, -0.05) is 11.6 Å². The minimum atomic E-state index is -1.98. The third-order valence-electron chi connectivity index (χ3n) is 5.06. The molecule has 0 aromatic heterocycles. The van der Waals surface area contributed by atoms with Crippen molar-refractivity contribution < 1.29 is 33.0 Å². The van der Waals surface area contributed by atoms with Crippen molar-refractivity contribution in [2.45, 2.75) is 11.6 Å². The Hall–Kier alpha value is -2.10. The first-order valence-corrected chi connectivity index (χ1v) is 8.00. The maximum absolute atomic E-state index is 14.4. The summed E-state index contributed by atoms with van der Waals surface area (Å²) in [5.41, 5.74) is -2.37. The minimum absolute atomic E-state index is 0.391. The first-order chi connectivity index (χ1) is 12.2. The van der Waals surface area contributed by atoms with Crippen LogP contribution in [0.15, 0.2) is 12.1 Å². The number of aliphatic hydroxyl groups excluding tert-OH is 1. The number of amides is 2. The molecule has 0 aliphatic carbocycles. The monoisotopic (exact) mass is 388 g/mol. The maximum Gasteiger partial charge on any atom is 0.329 e. The van der Waals surface area contributed by atoms with E-state index < -0.39 is 70.0 Å². The van der Waals surface area contributed by atoms with Crippen molar-refractivity contribution in [3.63, 3.8) is 0 Å². The van der Waals surface area contributed by atoms with Crippen LogP contribution in [0.4, 0.5) is 8.78 Å². The predicted molar refractivity (Wildman–Crippen MR) is 83.8 cm³/mol. The number of ether oxygens (including phenoxy) is 1. The Bertz CT molecular complexity index is 820. The molecular weight excluding hydrogens is 374 g/mol. The van der Waals surface area contributed by atoms with E-state index in [-0.39, 0.29) is 0 Å². The lowest BCUT2D eigenvalue weighted by Gasteiger charge is -2.30. The molecule has 0 bridgehead atoms. The molecule has 1 aromatic rings. The van der Waals surface area contributed by atoms with Gasteiger partial charge in [0.05, 0.1) is 36.6 Å². The van der Waals surface area contributed by atoms with E-state index in [2.05, 4.69) is 10.1 Å².